The van der Waals surface area contributed by atoms with Gasteiger partial charge >= 0.3 is 0 Å². The van der Waals surface area contributed by atoms with Crippen molar-refractivity contribution in [2.75, 3.05) is 6.54 Å². The van der Waals surface area contributed by atoms with Crippen molar-refractivity contribution >= 4 is 16.9 Å². The van der Waals surface area contributed by atoms with E-state index in [2.05, 4.69) is 79.8 Å². The highest BCUT2D eigenvalue weighted by Gasteiger charge is 2.21. The van der Waals surface area contributed by atoms with Gasteiger partial charge in [0.15, 0.2) is 5.76 Å². The largest absolute Gasteiger partial charge is 0.459 e. The van der Waals surface area contributed by atoms with Crippen LogP contribution in [0.3, 0.4) is 0 Å². The average Bonchev–Trinajstić information content (AvgIpc) is 3.52. The Hall–Kier alpha value is -4.32. The Kier molecular flexibility index (Phi) is 6.58. The molecular formula is C30H30N4O2. The predicted octanol–water partition coefficient (Wildman–Crippen LogP) is 5.39. The number of carbonyl (C=O) groups excluding carboxylic acids is 1. The predicted molar refractivity (Wildman–Crippen MR) is 141 cm³/mol. The fourth-order valence-corrected chi connectivity index (χ4v) is 4.62. The van der Waals surface area contributed by atoms with Crippen LogP contribution in [0, 0.1) is 19.3 Å². The van der Waals surface area contributed by atoms with E-state index in [9.17, 15) is 10.2 Å². The maximum atomic E-state index is 12.7. The van der Waals surface area contributed by atoms with Crippen molar-refractivity contribution in [2.45, 2.75) is 32.9 Å². The van der Waals surface area contributed by atoms with E-state index in [0.29, 0.717) is 25.1 Å². The number of aryl methyl sites for hydroxylation is 2. The van der Waals surface area contributed by atoms with Crippen LogP contribution in [0.4, 0.5) is 0 Å². The van der Waals surface area contributed by atoms with E-state index in [0.717, 1.165) is 22.2 Å². The average molecular weight is 479 g/mol. The van der Waals surface area contributed by atoms with E-state index in [1.54, 1.807) is 12.1 Å². The van der Waals surface area contributed by atoms with Gasteiger partial charge < -0.3 is 18.9 Å². The lowest BCUT2D eigenvalue weighted by atomic mass is 10.0. The highest BCUT2D eigenvalue weighted by atomic mass is 16.3. The van der Waals surface area contributed by atoms with Crippen molar-refractivity contribution in [1.29, 1.82) is 5.41 Å². The molecule has 2 N–H and O–H groups in total. The zero-order chi connectivity index (χ0) is 25.1. The second-order valence-corrected chi connectivity index (χ2v) is 9.28. The number of para-hydroxylation sites is 2. The summed E-state index contributed by atoms with van der Waals surface area (Å²) in [6.45, 7) is 5.11. The van der Waals surface area contributed by atoms with Crippen LogP contribution in [-0.2, 0) is 13.0 Å². The first-order valence-electron chi connectivity index (χ1n) is 12.2. The molecule has 0 aliphatic carbocycles. The molecule has 3 aromatic carbocycles. The summed E-state index contributed by atoms with van der Waals surface area (Å²) < 4.78 is 9.36. The van der Waals surface area contributed by atoms with Gasteiger partial charge in [-0.05, 0) is 55.7 Å². The van der Waals surface area contributed by atoms with E-state index in [4.69, 9.17) is 4.42 Å². The zero-order valence-corrected chi connectivity index (χ0v) is 20.6. The van der Waals surface area contributed by atoms with Crippen molar-refractivity contribution in [3.63, 3.8) is 0 Å². The molecule has 0 radical (unpaired) electrons. The first-order valence-corrected chi connectivity index (χ1v) is 12.2. The van der Waals surface area contributed by atoms with Gasteiger partial charge in [0, 0.05) is 6.54 Å². The Labute approximate surface area is 210 Å². The standard InChI is InChI=1S/C30H30N4O2/c1-21-9-13-23(14-10-21)18-25(19-32-29(35)28-8-5-17-36-28)34-27-7-4-3-6-26(27)33(30(34)31)20-24-15-11-22(2)12-16-24/h3-17,25,31H,18-20H2,1-2H3,(H,32,35)/t25-/m0/s1. The molecule has 0 aliphatic heterocycles. The summed E-state index contributed by atoms with van der Waals surface area (Å²) in [5.41, 5.74) is 7.07. The van der Waals surface area contributed by atoms with Gasteiger partial charge in [-0.2, -0.15) is 0 Å². The van der Waals surface area contributed by atoms with Crippen LogP contribution in [0.25, 0.3) is 11.0 Å². The highest BCUT2D eigenvalue weighted by molar-refractivity contribution is 5.91. The molecule has 0 saturated carbocycles. The van der Waals surface area contributed by atoms with Crippen LogP contribution >= 0.6 is 0 Å². The molecule has 0 fully saturated rings. The van der Waals surface area contributed by atoms with Gasteiger partial charge in [0.05, 0.1) is 29.9 Å². The van der Waals surface area contributed by atoms with E-state index in [-0.39, 0.29) is 17.7 Å². The number of nitrogens with one attached hydrogen (secondary N) is 2. The molecule has 182 valence electrons. The summed E-state index contributed by atoms with van der Waals surface area (Å²) in [5, 5.41) is 12.2. The number of benzene rings is 3. The van der Waals surface area contributed by atoms with Crippen LogP contribution < -0.4 is 10.9 Å². The van der Waals surface area contributed by atoms with Gasteiger partial charge in [0.2, 0.25) is 5.62 Å². The van der Waals surface area contributed by atoms with Crippen molar-refractivity contribution in [2.24, 2.45) is 0 Å². The number of aromatic nitrogens is 2. The Morgan fingerprint density at radius 2 is 1.50 bits per heavy atom. The topological polar surface area (TPSA) is 76.0 Å². The van der Waals surface area contributed by atoms with Crippen LogP contribution in [0.5, 0.6) is 0 Å². The van der Waals surface area contributed by atoms with Crippen LogP contribution in [0.1, 0.15) is 38.9 Å². The third-order valence-corrected chi connectivity index (χ3v) is 6.58. The van der Waals surface area contributed by atoms with Crippen molar-refractivity contribution < 1.29 is 9.21 Å². The van der Waals surface area contributed by atoms with E-state index >= 15 is 0 Å². The molecule has 5 aromatic rings. The first-order chi connectivity index (χ1) is 17.5. The molecule has 0 bridgehead atoms. The third kappa shape index (κ3) is 4.89. The number of imidazole rings is 1. The quantitative estimate of drug-likeness (QED) is 0.314. The summed E-state index contributed by atoms with van der Waals surface area (Å²) in [4.78, 5) is 12.7. The SMILES string of the molecule is Cc1ccc(C[C@@H](CNC(=O)c2ccco2)n2c(=N)n(Cc3ccc(C)cc3)c3ccccc32)cc1. The molecule has 6 heteroatoms. The molecule has 0 aliphatic rings. The van der Waals surface area contributed by atoms with Crippen LogP contribution in [0.15, 0.2) is 95.6 Å². The van der Waals surface area contributed by atoms with E-state index in [1.807, 2.05) is 21.3 Å². The normalized spacial score (nSPS) is 12.1. The van der Waals surface area contributed by atoms with Crippen LogP contribution in [0.2, 0.25) is 0 Å². The summed E-state index contributed by atoms with van der Waals surface area (Å²) >= 11 is 0. The Morgan fingerprint density at radius 1 is 0.861 bits per heavy atom. The number of nitrogens with zero attached hydrogens (tertiary/aromatic N) is 2. The molecular weight excluding hydrogens is 448 g/mol. The minimum absolute atomic E-state index is 0.164. The number of hydrogen-bond donors (Lipinski definition) is 2. The molecule has 0 unspecified atom stereocenters. The van der Waals surface area contributed by atoms with Gasteiger partial charge in [-0.25, -0.2) is 0 Å². The number of hydrogen-bond acceptors (Lipinski definition) is 3. The Bertz CT molecular complexity index is 1530. The molecule has 0 spiro atoms. The fraction of sp³-hybridized carbons (Fsp3) is 0.200. The summed E-state index contributed by atoms with van der Waals surface area (Å²) in [6, 6.07) is 28.2. The molecule has 1 atom stereocenters. The Morgan fingerprint density at radius 3 is 2.14 bits per heavy atom. The minimum Gasteiger partial charge on any atom is -0.459 e. The maximum Gasteiger partial charge on any atom is 0.287 e. The molecule has 2 aromatic heterocycles. The number of furan rings is 1. The number of fused-ring (bicyclic) bond motifs is 1. The Balaban J connectivity index is 1.54. The fourth-order valence-electron chi connectivity index (χ4n) is 4.62. The lowest BCUT2D eigenvalue weighted by molar-refractivity contribution is 0.0919. The minimum atomic E-state index is -0.260. The number of carbonyl (C=O) groups is 1. The summed E-state index contributed by atoms with van der Waals surface area (Å²) in [5.74, 6) is 0.0198. The van der Waals surface area contributed by atoms with Gasteiger partial charge in [0.1, 0.15) is 0 Å². The molecule has 2 heterocycles. The van der Waals surface area contributed by atoms with Crippen molar-refractivity contribution in [3.05, 3.63) is 125 Å². The molecule has 1 amide bonds. The van der Waals surface area contributed by atoms with Gasteiger partial charge in [-0.3, -0.25) is 10.2 Å². The maximum absolute atomic E-state index is 12.7. The van der Waals surface area contributed by atoms with E-state index in [1.165, 1.54) is 17.4 Å². The molecule has 36 heavy (non-hydrogen) atoms. The zero-order valence-electron chi connectivity index (χ0n) is 20.6. The van der Waals surface area contributed by atoms with Gasteiger partial charge in [0.25, 0.3) is 5.91 Å². The highest BCUT2D eigenvalue weighted by Crippen LogP contribution is 2.22. The van der Waals surface area contributed by atoms with Gasteiger partial charge in [-0.15, -0.1) is 0 Å². The first kappa shape index (κ1) is 23.4. The number of rotatable bonds is 8. The van der Waals surface area contributed by atoms with E-state index < -0.39 is 0 Å². The van der Waals surface area contributed by atoms with Gasteiger partial charge in [-0.1, -0.05) is 71.8 Å². The summed E-state index contributed by atoms with van der Waals surface area (Å²) in [7, 11) is 0. The number of amides is 1. The molecule has 0 saturated heterocycles. The lowest BCUT2D eigenvalue weighted by Gasteiger charge is -2.20. The van der Waals surface area contributed by atoms with Crippen molar-refractivity contribution in [3.8, 4) is 0 Å². The lowest BCUT2D eigenvalue weighted by Crippen LogP contribution is -2.36. The van der Waals surface area contributed by atoms with Crippen LogP contribution in [-0.4, -0.2) is 21.6 Å². The van der Waals surface area contributed by atoms with Crippen molar-refractivity contribution in [1.82, 2.24) is 14.5 Å². The second-order valence-electron chi connectivity index (χ2n) is 9.28. The molecule has 5 rings (SSSR count). The smallest absolute Gasteiger partial charge is 0.287 e. The second kappa shape index (κ2) is 10.1. The monoisotopic (exact) mass is 478 g/mol. The summed E-state index contributed by atoms with van der Waals surface area (Å²) in [6.07, 6.45) is 2.17. The third-order valence-electron chi connectivity index (χ3n) is 6.58. The molecule has 6 nitrogen and oxygen atoms in total.